The molecule has 2 rings (SSSR count). The predicted octanol–water partition coefficient (Wildman–Crippen LogP) is 1.68. The zero-order valence-electron chi connectivity index (χ0n) is 9.98. The van der Waals surface area contributed by atoms with Crippen LogP contribution >= 0.6 is 20.8 Å². The van der Waals surface area contributed by atoms with Gasteiger partial charge in [-0.1, -0.05) is 12.8 Å². The van der Waals surface area contributed by atoms with E-state index in [0.29, 0.717) is 18.3 Å². The lowest BCUT2D eigenvalue weighted by molar-refractivity contribution is 0.110. The van der Waals surface area contributed by atoms with Crippen molar-refractivity contribution in [2.75, 3.05) is 20.2 Å². The van der Waals surface area contributed by atoms with Gasteiger partial charge in [0, 0.05) is 13.6 Å². The van der Waals surface area contributed by atoms with Crippen LogP contribution in [0, 0.1) is 0 Å². The van der Waals surface area contributed by atoms with Crippen LogP contribution in [0.5, 0.6) is 0 Å². The van der Waals surface area contributed by atoms with Gasteiger partial charge in [-0.15, -0.1) is 0 Å². The standard InChI is InChI=1S/C10H19N2O3PS/c1-11-10(17)12-6-7-13-16-14-8-4-2-3-5-9(8)15-16/h8-9H,2-7H2,1H3,(H2,11,12,17)/t8-,9-/m1/s1. The topological polar surface area (TPSA) is 51.8 Å². The normalized spacial score (nSPS) is 28.8. The van der Waals surface area contributed by atoms with Gasteiger partial charge in [0.1, 0.15) is 0 Å². The molecular formula is C10H19N2O3PS. The Balaban J connectivity index is 1.59. The molecule has 2 aliphatic rings. The van der Waals surface area contributed by atoms with Gasteiger partial charge in [0.05, 0.1) is 18.8 Å². The molecule has 0 aromatic carbocycles. The summed E-state index contributed by atoms with van der Waals surface area (Å²) in [5, 5.41) is 6.48. The van der Waals surface area contributed by atoms with E-state index in [1.54, 1.807) is 7.05 Å². The third-order valence-electron chi connectivity index (χ3n) is 2.90. The molecule has 2 atom stereocenters. The summed E-state index contributed by atoms with van der Waals surface area (Å²) < 4.78 is 17.0. The van der Waals surface area contributed by atoms with E-state index >= 15 is 0 Å². The third kappa shape index (κ3) is 4.00. The van der Waals surface area contributed by atoms with E-state index in [-0.39, 0.29) is 12.2 Å². The minimum Gasteiger partial charge on any atom is -0.366 e. The Kier molecular flexibility index (Phi) is 5.38. The largest absolute Gasteiger partial charge is 0.366 e. The van der Waals surface area contributed by atoms with Crippen LogP contribution in [-0.2, 0) is 13.6 Å². The fourth-order valence-electron chi connectivity index (χ4n) is 1.98. The second-order valence-corrected chi connectivity index (χ2v) is 5.67. The number of hydrogen-bond acceptors (Lipinski definition) is 4. The van der Waals surface area contributed by atoms with Gasteiger partial charge in [0.2, 0.25) is 0 Å². The van der Waals surface area contributed by atoms with Gasteiger partial charge in [-0.3, -0.25) is 0 Å². The highest BCUT2D eigenvalue weighted by Crippen LogP contribution is 2.52. The summed E-state index contributed by atoms with van der Waals surface area (Å²) in [6.45, 7) is 1.22. The van der Waals surface area contributed by atoms with Crippen molar-refractivity contribution in [3.05, 3.63) is 0 Å². The van der Waals surface area contributed by atoms with E-state index in [1.807, 2.05) is 0 Å². The Labute approximate surface area is 109 Å². The maximum absolute atomic E-state index is 5.74. The summed E-state index contributed by atoms with van der Waals surface area (Å²) in [6, 6.07) is 0. The predicted molar refractivity (Wildman–Crippen MR) is 70.7 cm³/mol. The molecule has 1 saturated carbocycles. The van der Waals surface area contributed by atoms with Crippen molar-refractivity contribution in [1.82, 2.24) is 10.6 Å². The number of thiocarbonyl (C=S) groups is 1. The minimum atomic E-state index is -1.13. The van der Waals surface area contributed by atoms with Crippen LogP contribution in [0.15, 0.2) is 0 Å². The number of nitrogens with one attached hydrogen (secondary N) is 2. The lowest BCUT2D eigenvalue weighted by Gasteiger charge is -2.20. The summed E-state index contributed by atoms with van der Waals surface area (Å²) in [5.74, 6) is 0. The van der Waals surface area contributed by atoms with Crippen LogP contribution in [0.2, 0.25) is 0 Å². The van der Waals surface area contributed by atoms with Gasteiger partial charge in [0.25, 0.3) is 0 Å². The molecule has 0 aromatic heterocycles. The first-order chi connectivity index (χ1) is 8.29. The van der Waals surface area contributed by atoms with Crippen molar-refractivity contribution in [3.63, 3.8) is 0 Å². The molecule has 0 bridgehead atoms. The molecule has 1 saturated heterocycles. The van der Waals surface area contributed by atoms with Gasteiger partial charge < -0.3 is 24.2 Å². The van der Waals surface area contributed by atoms with Crippen molar-refractivity contribution >= 4 is 25.9 Å². The molecule has 1 heterocycles. The second-order valence-electron chi connectivity index (χ2n) is 4.13. The number of hydrogen-bond donors (Lipinski definition) is 2. The second kappa shape index (κ2) is 6.81. The zero-order chi connectivity index (χ0) is 12.1. The summed E-state index contributed by atoms with van der Waals surface area (Å²) >= 11 is 4.95. The van der Waals surface area contributed by atoms with Gasteiger partial charge in [-0.2, -0.15) is 0 Å². The van der Waals surface area contributed by atoms with Gasteiger partial charge >= 0.3 is 8.60 Å². The number of fused-ring (bicyclic) bond motifs is 1. The molecule has 7 heteroatoms. The molecule has 5 nitrogen and oxygen atoms in total. The van der Waals surface area contributed by atoms with Crippen LogP contribution in [-0.4, -0.2) is 37.5 Å². The van der Waals surface area contributed by atoms with E-state index in [1.165, 1.54) is 12.8 Å². The lowest BCUT2D eigenvalue weighted by atomic mass is 9.95. The van der Waals surface area contributed by atoms with Gasteiger partial charge in [0.15, 0.2) is 5.11 Å². The van der Waals surface area contributed by atoms with Crippen molar-refractivity contribution in [3.8, 4) is 0 Å². The molecule has 98 valence electrons. The average molecular weight is 278 g/mol. The molecule has 2 N–H and O–H groups in total. The Bertz CT molecular complexity index is 256. The first kappa shape index (κ1) is 13.4. The van der Waals surface area contributed by atoms with E-state index in [0.717, 1.165) is 12.8 Å². The Morgan fingerprint density at radius 1 is 1.35 bits per heavy atom. The maximum atomic E-state index is 5.74. The molecule has 0 spiro atoms. The van der Waals surface area contributed by atoms with Gasteiger partial charge in [-0.25, -0.2) is 0 Å². The van der Waals surface area contributed by atoms with E-state index < -0.39 is 8.60 Å². The number of rotatable bonds is 4. The molecule has 1 aliphatic carbocycles. The fourth-order valence-corrected chi connectivity index (χ4v) is 3.42. The third-order valence-corrected chi connectivity index (χ3v) is 4.52. The molecule has 17 heavy (non-hydrogen) atoms. The Morgan fingerprint density at radius 2 is 2.00 bits per heavy atom. The van der Waals surface area contributed by atoms with Crippen LogP contribution < -0.4 is 10.6 Å². The lowest BCUT2D eigenvalue weighted by Crippen LogP contribution is -2.34. The summed E-state index contributed by atoms with van der Waals surface area (Å²) in [5.41, 5.74) is 0. The first-order valence-corrected chi connectivity index (χ1v) is 7.52. The van der Waals surface area contributed by atoms with E-state index in [2.05, 4.69) is 10.6 Å². The summed E-state index contributed by atoms with van der Waals surface area (Å²) in [4.78, 5) is 0. The van der Waals surface area contributed by atoms with Crippen molar-refractivity contribution in [1.29, 1.82) is 0 Å². The Hall–Kier alpha value is -0.0000000000000000416. The van der Waals surface area contributed by atoms with Gasteiger partial charge in [-0.05, 0) is 25.1 Å². The summed E-state index contributed by atoms with van der Waals surface area (Å²) in [6.07, 6.45) is 5.23. The Morgan fingerprint density at radius 3 is 2.59 bits per heavy atom. The van der Waals surface area contributed by atoms with Crippen LogP contribution in [0.3, 0.4) is 0 Å². The molecule has 0 unspecified atom stereocenters. The fraction of sp³-hybridized carbons (Fsp3) is 0.900. The molecule has 2 fully saturated rings. The SMILES string of the molecule is CNC(=S)NCCOP1O[C@@H]2CCCC[C@H]2O1. The molecule has 0 amide bonds. The zero-order valence-corrected chi connectivity index (χ0v) is 11.7. The minimum absolute atomic E-state index is 0.265. The average Bonchev–Trinajstić information content (AvgIpc) is 2.76. The highest BCUT2D eigenvalue weighted by molar-refractivity contribution is 7.80. The highest BCUT2D eigenvalue weighted by Gasteiger charge is 2.39. The van der Waals surface area contributed by atoms with Crippen molar-refractivity contribution in [2.24, 2.45) is 0 Å². The van der Waals surface area contributed by atoms with Crippen molar-refractivity contribution < 1.29 is 13.6 Å². The molecule has 0 radical (unpaired) electrons. The smallest absolute Gasteiger partial charge is 0.333 e. The van der Waals surface area contributed by atoms with Crippen LogP contribution in [0.4, 0.5) is 0 Å². The summed E-state index contributed by atoms with van der Waals surface area (Å²) in [7, 11) is 0.652. The van der Waals surface area contributed by atoms with E-state index in [9.17, 15) is 0 Å². The highest BCUT2D eigenvalue weighted by atomic mass is 32.1. The van der Waals surface area contributed by atoms with Crippen molar-refractivity contribution in [2.45, 2.75) is 37.9 Å². The van der Waals surface area contributed by atoms with Crippen LogP contribution in [0.1, 0.15) is 25.7 Å². The molecule has 0 aromatic rings. The maximum Gasteiger partial charge on any atom is 0.333 e. The molecular weight excluding hydrogens is 259 g/mol. The quantitative estimate of drug-likeness (QED) is 0.463. The van der Waals surface area contributed by atoms with Crippen LogP contribution in [0.25, 0.3) is 0 Å². The monoisotopic (exact) mass is 278 g/mol. The molecule has 1 aliphatic heterocycles. The first-order valence-electron chi connectivity index (χ1n) is 6.02. The van der Waals surface area contributed by atoms with E-state index in [4.69, 9.17) is 25.8 Å².